The van der Waals surface area contributed by atoms with Crippen molar-refractivity contribution in [3.63, 3.8) is 0 Å². The number of aromatic carboxylic acids is 2. The number of hydrogen-bond donors (Lipinski definition) is 2. The predicted octanol–water partition coefficient (Wildman–Crippen LogP) is 14.3. The number of rotatable bonds is 16. The number of hydrogen-bond acceptors (Lipinski definition) is 18. The molecule has 1 unspecified atom stereocenters. The summed E-state index contributed by atoms with van der Waals surface area (Å²) < 4.78 is 186. The summed E-state index contributed by atoms with van der Waals surface area (Å²) in [6, 6.07) is 16.8. The highest BCUT2D eigenvalue weighted by molar-refractivity contribution is 6.33. The number of pyridine rings is 4. The summed E-state index contributed by atoms with van der Waals surface area (Å²) in [5, 5.41) is 33.2. The average molecular weight is 1500 g/mol. The Labute approximate surface area is 575 Å². The molecule has 0 saturated heterocycles. The number of carbonyl (C=O) groups is 4. The van der Waals surface area contributed by atoms with Crippen molar-refractivity contribution in [2.24, 2.45) is 23.7 Å². The van der Waals surface area contributed by atoms with Gasteiger partial charge in [-0.15, -0.1) is 20.4 Å². The van der Waals surface area contributed by atoms with E-state index in [-0.39, 0.29) is 115 Å². The van der Waals surface area contributed by atoms with Crippen LogP contribution in [0.25, 0.3) is 23.3 Å². The summed E-state index contributed by atoms with van der Waals surface area (Å²) in [6.45, 7) is 10.4. The third-order valence-corrected chi connectivity index (χ3v) is 15.1. The van der Waals surface area contributed by atoms with Gasteiger partial charge in [-0.05, 0) is 116 Å². The number of carboxylic acid groups (broad SMARTS) is 2. The molecule has 8 atom stereocenters. The van der Waals surface area contributed by atoms with E-state index in [1.165, 1.54) is 116 Å². The molecule has 8 heterocycles. The first-order chi connectivity index (χ1) is 46.4. The molecule has 0 aliphatic heterocycles. The van der Waals surface area contributed by atoms with Crippen LogP contribution in [0, 0.1) is 23.7 Å². The number of aromatic nitrogens is 12. The van der Waals surface area contributed by atoms with Crippen molar-refractivity contribution in [1.29, 1.82) is 0 Å². The van der Waals surface area contributed by atoms with Crippen LogP contribution >= 0.6 is 46.4 Å². The quantitative estimate of drug-likeness (QED) is 0.0516. The monoisotopic (exact) mass is 1500 g/mol. The molecule has 4 saturated carbocycles. The molecule has 4 aliphatic rings. The van der Waals surface area contributed by atoms with E-state index in [9.17, 15) is 71.9 Å². The number of alkyl halides is 12. The fourth-order valence-corrected chi connectivity index (χ4v) is 9.61. The van der Waals surface area contributed by atoms with Crippen LogP contribution in [0.1, 0.15) is 109 Å². The third-order valence-electron chi connectivity index (χ3n) is 13.9. The van der Waals surface area contributed by atoms with Crippen molar-refractivity contribution in [3.8, 4) is 46.8 Å². The number of esters is 2. The van der Waals surface area contributed by atoms with E-state index in [0.717, 1.165) is 0 Å². The standard InChI is InChI=1S/2C17H17ClF3N3O3.2C13H9ClF3N3O3/c2*1-16(2,3)27-15(25)9-4-5-12(22-14(9)18)24-7-6-13(23-24)26-11-8-10(11)17(19,20)21;2*14-11-6(12(21)22)1-2-9(18-11)20-4-3-10(19-20)23-8-5-7(8)13(15,16)17/h2*4-7,10-11H,8H2,1-3H3;2*1-4,7-8H,5H2,(H,21,22)/t10-,11?;10-,11-;2*7-,8-/m1010/s1. The molecule has 0 aromatic carbocycles. The first-order valence-corrected chi connectivity index (χ1v) is 30.7. The van der Waals surface area contributed by atoms with E-state index >= 15 is 0 Å². The summed E-state index contributed by atoms with van der Waals surface area (Å²) in [5.41, 5.74) is -1.47. The Morgan fingerprint density at radius 3 is 0.750 bits per heavy atom. The van der Waals surface area contributed by atoms with Gasteiger partial charge in [-0.1, -0.05) is 46.4 Å². The minimum absolute atomic E-state index is 0.0296. The van der Waals surface area contributed by atoms with Gasteiger partial charge in [0.25, 0.3) is 0 Å². The molecule has 4 aliphatic carbocycles. The molecule has 0 spiro atoms. The van der Waals surface area contributed by atoms with Gasteiger partial charge in [0.2, 0.25) is 23.5 Å². The minimum atomic E-state index is -4.27. The van der Waals surface area contributed by atoms with Crippen LogP contribution in [0.3, 0.4) is 0 Å². The van der Waals surface area contributed by atoms with E-state index in [1.54, 1.807) is 41.5 Å². The lowest BCUT2D eigenvalue weighted by Crippen LogP contribution is -2.24. The molecule has 0 radical (unpaired) electrons. The Morgan fingerprint density at radius 2 is 0.580 bits per heavy atom. The van der Waals surface area contributed by atoms with E-state index < -0.39 is 108 Å². The van der Waals surface area contributed by atoms with E-state index in [1.807, 2.05) is 0 Å². The van der Waals surface area contributed by atoms with Crippen molar-refractivity contribution in [2.75, 3.05) is 0 Å². The van der Waals surface area contributed by atoms with Gasteiger partial charge in [-0.3, -0.25) is 0 Å². The third kappa shape index (κ3) is 20.1. The molecule has 8 aromatic heterocycles. The minimum Gasteiger partial charge on any atom is -0.478 e. The van der Waals surface area contributed by atoms with Crippen molar-refractivity contribution in [1.82, 2.24) is 59.1 Å². The van der Waals surface area contributed by atoms with Gasteiger partial charge in [-0.2, -0.15) is 52.7 Å². The second kappa shape index (κ2) is 28.8. The van der Waals surface area contributed by atoms with Gasteiger partial charge in [0.15, 0.2) is 23.3 Å². The van der Waals surface area contributed by atoms with Gasteiger partial charge in [0, 0.05) is 49.1 Å². The Kier molecular flexibility index (Phi) is 21.6. The van der Waals surface area contributed by atoms with Crippen molar-refractivity contribution >= 4 is 70.3 Å². The molecule has 12 rings (SSSR count). The maximum absolute atomic E-state index is 12.5. The van der Waals surface area contributed by atoms with Crippen LogP contribution < -0.4 is 18.9 Å². The Balaban J connectivity index is 0.000000156. The second-order valence-electron chi connectivity index (χ2n) is 24.2. The second-order valence-corrected chi connectivity index (χ2v) is 25.6. The van der Waals surface area contributed by atoms with Crippen LogP contribution in [0.2, 0.25) is 20.6 Å². The molecular weight excluding hydrogens is 1450 g/mol. The van der Waals surface area contributed by atoms with Gasteiger partial charge in [0.05, 0.1) is 45.9 Å². The van der Waals surface area contributed by atoms with Gasteiger partial charge < -0.3 is 38.6 Å². The van der Waals surface area contributed by atoms with Crippen LogP contribution in [-0.2, 0) is 9.47 Å². The predicted molar refractivity (Wildman–Crippen MR) is 324 cm³/mol. The molecule has 40 heteroatoms. The zero-order chi connectivity index (χ0) is 73.5. The highest BCUT2D eigenvalue weighted by atomic mass is 35.5. The maximum atomic E-state index is 12.5. The summed E-state index contributed by atoms with van der Waals surface area (Å²) in [7, 11) is 0. The van der Waals surface area contributed by atoms with Crippen LogP contribution in [0.5, 0.6) is 23.5 Å². The van der Waals surface area contributed by atoms with Gasteiger partial charge in [0.1, 0.15) is 56.2 Å². The lowest BCUT2D eigenvalue weighted by Gasteiger charge is -2.19. The smallest absolute Gasteiger partial charge is 0.395 e. The maximum Gasteiger partial charge on any atom is 0.395 e. The summed E-state index contributed by atoms with van der Waals surface area (Å²) >= 11 is 23.6. The van der Waals surface area contributed by atoms with E-state index in [2.05, 4.69) is 40.3 Å². The molecule has 536 valence electrons. The first-order valence-electron chi connectivity index (χ1n) is 29.2. The topological polar surface area (TPSA) is 287 Å². The van der Waals surface area contributed by atoms with Gasteiger partial charge >= 0.3 is 48.6 Å². The molecule has 0 bridgehead atoms. The molecule has 24 nitrogen and oxygen atoms in total. The zero-order valence-corrected chi connectivity index (χ0v) is 55.1. The Hall–Kier alpha value is -9.16. The van der Waals surface area contributed by atoms with Crippen molar-refractivity contribution in [3.05, 3.63) is 140 Å². The van der Waals surface area contributed by atoms with E-state index in [4.69, 9.17) is 85.0 Å². The molecule has 4 fully saturated rings. The number of carboxylic acids is 2. The number of carbonyl (C=O) groups excluding carboxylic acids is 2. The Morgan fingerprint density at radius 1 is 0.370 bits per heavy atom. The molecule has 2 N–H and O–H groups in total. The van der Waals surface area contributed by atoms with Crippen molar-refractivity contribution in [2.45, 2.75) is 128 Å². The SMILES string of the molecule is CC(C)(C)OC(=O)c1ccc(-n2ccc(OC3C[C@H]3C(F)(F)F)n2)nc1Cl.CC(C)(C)OC(=O)c1ccc(-n2ccc(O[C@H]3C[C@@H]3C(F)(F)F)n2)nc1Cl.O=C(O)c1ccc(-n2ccc(O[C@@H]3C[C@H]3C(F)(F)F)n2)nc1Cl.O=C(O)c1ccc(-n2ccc(O[C@H]3C[C@@H]3C(F)(F)F)n2)nc1Cl. The van der Waals surface area contributed by atoms with Crippen LogP contribution in [0.4, 0.5) is 52.7 Å². The normalized spacial score (nSPS) is 20.0. The highest BCUT2D eigenvalue weighted by Crippen LogP contribution is 2.50. The lowest BCUT2D eigenvalue weighted by molar-refractivity contribution is -0.154. The van der Waals surface area contributed by atoms with Crippen LogP contribution in [0.15, 0.2) is 97.6 Å². The number of halogens is 16. The largest absolute Gasteiger partial charge is 0.478 e. The van der Waals surface area contributed by atoms with Crippen molar-refractivity contribution < 1.29 is 110 Å². The molecule has 0 amide bonds. The van der Waals surface area contributed by atoms with Crippen LogP contribution in [-0.4, -0.2) is 153 Å². The summed E-state index contributed by atoms with van der Waals surface area (Å²) in [4.78, 5) is 61.8. The first kappa shape index (κ1) is 75.1. The molecule has 8 aromatic rings. The van der Waals surface area contributed by atoms with E-state index in [0.29, 0.717) is 0 Å². The average Bonchev–Trinajstić information content (AvgIpc) is 1.55. The zero-order valence-electron chi connectivity index (χ0n) is 52.1. The summed E-state index contributed by atoms with van der Waals surface area (Å²) in [6.07, 6.45) is -15.3. The molecular formula is C60H52Cl4F12N12O12. The molecule has 100 heavy (non-hydrogen) atoms. The van der Waals surface area contributed by atoms with Gasteiger partial charge in [-0.25, -0.2) is 57.8 Å². The Bertz CT molecular complexity index is 4050. The number of nitrogens with zero attached hydrogens (tertiary/aromatic N) is 12. The lowest BCUT2D eigenvalue weighted by atomic mass is 10.2. The fraction of sp³-hybridized carbons (Fsp3) is 0.400. The fourth-order valence-electron chi connectivity index (χ4n) is 8.70. The highest BCUT2D eigenvalue weighted by Gasteiger charge is 2.60. The summed E-state index contributed by atoms with van der Waals surface area (Å²) in [5.74, 6) is -8.31. The number of ether oxygens (including phenoxy) is 6.